The second kappa shape index (κ2) is 8.62. The van der Waals surface area contributed by atoms with Gasteiger partial charge in [-0.2, -0.15) is 0 Å². The molecule has 0 atom stereocenters. The molecule has 8 heteroatoms. The van der Waals surface area contributed by atoms with Crippen LogP contribution in [0.2, 0.25) is 5.02 Å². The predicted molar refractivity (Wildman–Crippen MR) is 97.6 cm³/mol. The highest BCUT2D eigenvalue weighted by Gasteiger charge is 2.12. The average molecular weight is 380 g/mol. The molecule has 0 saturated heterocycles. The number of pyridine rings is 1. The number of aryl methyl sites for hydroxylation is 1. The Morgan fingerprint density at radius 3 is 2.58 bits per heavy atom. The van der Waals surface area contributed by atoms with Crippen LogP contribution in [0.25, 0.3) is 0 Å². The topological polar surface area (TPSA) is 80.2 Å². The van der Waals surface area contributed by atoms with Gasteiger partial charge in [0.15, 0.2) is 0 Å². The molecular formula is C18H19ClFN3O3. The largest absolute Gasteiger partial charge is 0.350 e. The van der Waals surface area contributed by atoms with Crippen LogP contribution in [0.4, 0.5) is 10.1 Å². The number of carbonyl (C=O) groups is 2. The Morgan fingerprint density at radius 1 is 1.19 bits per heavy atom. The second-order valence-electron chi connectivity index (χ2n) is 5.69. The van der Waals surface area contributed by atoms with Gasteiger partial charge in [-0.1, -0.05) is 24.6 Å². The van der Waals surface area contributed by atoms with Crippen molar-refractivity contribution in [1.29, 1.82) is 0 Å². The Morgan fingerprint density at radius 2 is 1.92 bits per heavy atom. The Kier molecular flexibility index (Phi) is 6.52. The molecule has 2 rings (SSSR count). The zero-order valence-corrected chi connectivity index (χ0v) is 15.2. The Balaban J connectivity index is 2.09. The van der Waals surface area contributed by atoms with Gasteiger partial charge in [0.1, 0.15) is 18.0 Å². The fourth-order valence-electron chi connectivity index (χ4n) is 2.26. The number of nitrogens with one attached hydrogen (secondary N) is 2. The first kappa shape index (κ1) is 19.7. The molecule has 0 radical (unpaired) electrons. The molecule has 0 aliphatic carbocycles. The van der Waals surface area contributed by atoms with Crippen molar-refractivity contribution in [3.63, 3.8) is 0 Å². The van der Waals surface area contributed by atoms with Gasteiger partial charge in [-0.3, -0.25) is 14.4 Å². The minimum atomic E-state index is -0.460. The number of hydrogen-bond acceptors (Lipinski definition) is 3. The molecular weight excluding hydrogens is 361 g/mol. The summed E-state index contributed by atoms with van der Waals surface area (Å²) in [7, 11) is 0. The fourth-order valence-corrected chi connectivity index (χ4v) is 2.49. The van der Waals surface area contributed by atoms with Gasteiger partial charge in [0.25, 0.3) is 5.56 Å². The van der Waals surface area contributed by atoms with Crippen LogP contribution >= 0.6 is 11.6 Å². The van der Waals surface area contributed by atoms with Crippen molar-refractivity contribution < 1.29 is 14.0 Å². The predicted octanol–water partition coefficient (Wildman–Crippen LogP) is 2.61. The SMILES string of the molecule is CCC(=O)Nc1ccc(C)n(CC(=O)NCc2ccc(F)cc2Cl)c1=O. The van der Waals surface area contributed by atoms with Crippen LogP contribution in [-0.4, -0.2) is 16.4 Å². The van der Waals surface area contributed by atoms with E-state index in [4.69, 9.17) is 11.6 Å². The first-order valence-electron chi connectivity index (χ1n) is 8.02. The summed E-state index contributed by atoms with van der Waals surface area (Å²) in [6.45, 7) is 3.27. The summed E-state index contributed by atoms with van der Waals surface area (Å²) in [5, 5.41) is 5.37. The molecule has 2 amide bonds. The molecule has 0 spiro atoms. The molecule has 26 heavy (non-hydrogen) atoms. The van der Waals surface area contributed by atoms with Gasteiger partial charge < -0.3 is 15.2 Å². The molecule has 0 aliphatic rings. The molecule has 138 valence electrons. The molecule has 1 aromatic heterocycles. The molecule has 6 nitrogen and oxygen atoms in total. The van der Waals surface area contributed by atoms with Crippen LogP contribution in [0.5, 0.6) is 0 Å². The van der Waals surface area contributed by atoms with Gasteiger partial charge >= 0.3 is 0 Å². The summed E-state index contributed by atoms with van der Waals surface area (Å²) >= 11 is 5.92. The third kappa shape index (κ3) is 4.92. The number of halogens is 2. The number of hydrogen-bond donors (Lipinski definition) is 2. The maximum absolute atomic E-state index is 13.0. The van der Waals surface area contributed by atoms with Gasteiger partial charge in [0.2, 0.25) is 11.8 Å². The van der Waals surface area contributed by atoms with Crippen molar-refractivity contribution in [3.8, 4) is 0 Å². The zero-order chi connectivity index (χ0) is 19.3. The lowest BCUT2D eigenvalue weighted by Gasteiger charge is -2.13. The summed E-state index contributed by atoms with van der Waals surface area (Å²) in [6, 6.07) is 7.06. The Labute approximate surface area is 155 Å². The molecule has 0 bridgehead atoms. The number of nitrogens with zero attached hydrogens (tertiary/aromatic N) is 1. The van der Waals surface area contributed by atoms with Crippen molar-refractivity contribution in [3.05, 3.63) is 62.8 Å². The van der Waals surface area contributed by atoms with Crippen LogP contribution in [0.15, 0.2) is 35.1 Å². The van der Waals surface area contributed by atoms with E-state index in [1.54, 1.807) is 19.9 Å². The normalized spacial score (nSPS) is 10.5. The van der Waals surface area contributed by atoms with Crippen LogP contribution in [0.3, 0.4) is 0 Å². The van der Waals surface area contributed by atoms with E-state index in [1.165, 1.54) is 22.8 Å². The van der Waals surface area contributed by atoms with E-state index in [9.17, 15) is 18.8 Å². The van der Waals surface area contributed by atoms with E-state index >= 15 is 0 Å². The maximum Gasteiger partial charge on any atom is 0.274 e. The Bertz CT molecular complexity index is 896. The maximum atomic E-state index is 13.0. The van der Waals surface area contributed by atoms with Crippen LogP contribution in [0.1, 0.15) is 24.6 Å². The number of benzene rings is 1. The lowest BCUT2D eigenvalue weighted by molar-refractivity contribution is -0.122. The standard InChI is InChI=1S/C18H19ClFN3O3/c1-3-16(24)22-15-7-4-11(2)23(18(15)26)10-17(25)21-9-12-5-6-13(20)8-14(12)19/h4-8H,3,9-10H2,1-2H3,(H,21,25)(H,22,24). The molecule has 0 saturated carbocycles. The van der Waals surface area contributed by atoms with E-state index in [-0.39, 0.29) is 36.1 Å². The van der Waals surface area contributed by atoms with Gasteiger partial charge in [-0.25, -0.2) is 4.39 Å². The van der Waals surface area contributed by atoms with Crippen LogP contribution < -0.4 is 16.2 Å². The number of carbonyl (C=O) groups excluding carboxylic acids is 2. The van der Waals surface area contributed by atoms with E-state index in [0.717, 1.165) is 6.07 Å². The number of anilines is 1. The minimum absolute atomic E-state index is 0.109. The van der Waals surface area contributed by atoms with Crippen molar-refractivity contribution in [1.82, 2.24) is 9.88 Å². The van der Waals surface area contributed by atoms with Gasteiger partial charge in [-0.05, 0) is 36.8 Å². The summed E-state index contributed by atoms with van der Waals surface area (Å²) in [5.74, 6) is -1.15. The molecule has 1 aromatic carbocycles. The Hall–Kier alpha value is -2.67. The molecule has 2 N–H and O–H groups in total. The molecule has 0 fully saturated rings. The van der Waals surface area contributed by atoms with Crippen LogP contribution in [-0.2, 0) is 22.7 Å². The van der Waals surface area contributed by atoms with Crippen molar-refractivity contribution in [2.75, 3.05) is 5.32 Å². The lowest BCUT2D eigenvalue weighted by atomic mass is 10.2. The summed E-state index contributed by atoms with van der Waals surface area (Å²) in [6.07, 6.45) is 0.242. The second-order valence-corrected chi connectivity index (χ2v) is 6.10. The highest BCUT2D eigenvalue weighted by atomic mass is 35.5. The molecule has 1 heterocycles. The summed E-state index contributed by atoms with van der Waals surface area (Å²) in [5.41, 5.74) is 0.813. The van der Waals surface area contributed by atoms with Crippen molar-refractivity contribution in [2.24, 2.45) is 0 Å². The number of rotatable bonds is 6. The van der Waals surface area contributed by atoms with Crippen molar-refractivity contribution in [2.45, 2.75) is 33.4 Å². The third-order valence-corrected chi connectivity index (χ3v) is 4.13. The lowest BCUT2D eigenvalue weighted by Crippen LogP contribution is -2.34. The summed E-state index contributed by atoms with van der Waals surface area (Å²) < 4.78 is 14.3. The smallest absolute Gasteiger partial charge is 0.274 e. The molecule has 2 aromatic rings. The number of aromatic nitrogens is 1. The van der Waals surface area contributed by atoms with E-state index in [1.807, 2.05) is 0 Å². The molecule has 0 aliphatic heterocycles. The number of amides is 2. The van der Waals surface area contributed by atoms with E-state index in [0.29, 0.717) is 11.3 Å². The highest BCUT2D eigenvalue weighted by Crippen LogP contribution is 2.16. The molecule has 0 unspecified atom stereocenters. The average Bonchev–Trinajstić information content (AvgIpc) is 2.60. The minimum Gasteiger partial charge on any atom is -0.350 e. The van der Waals surface area contributed by atoms with E-state index < -0.39 is 17.3 Å². The first-order chi connectivity index (χ1) is 12.3. The van der Waals surface area contributed by atoms with E-state index in [2.05, 4.69) is 10.6 Å². The highest BCUT2D eigenvalue weighted by molar-refractivity contribution is 6.31. The van der Waals surface area contributed by atoms with Gasteiger partial charge in [-0.15, -0.1) is 0 Å². The monoisotopic (exact) mass is 379 g/mol. The quantitative estimate of drug-likeness (QED) is 0.809. The van der Waals surface area contributed by atoms with Crippen molar-refractivity contribution >= 4 is 29.1 Å². The summed E-state index contributed by atoms with van der Waals surface area (Å²) in [4.78, 5) is 36.1. The fraction of sp³-hybridized carbons (Fsp3) is 0.278. The first-order valence-corrected chi connectivity index (χ1v) is 8.40. The third-order valence-electron chi connectivity index (χ3n) is 3.78. The van der Waals surface area contributed by atoms with Gasteiger partial charge in [0, 0.05) is 23.7 Å². The zero-order valence-electron chi connectivity index (χ0n) is 14.4. The van der Waals surface area contributed by atoms with Crippen LogP contribution in [0, 0.1) is 12.7 Å². The van der Waals surface area contributed by atoms with Gasteiger partial charge in [0.05, 0.1) is 0 Å².